The number of aliphatic hydroxyl groups is 1. The first-order chi connectivity index (χ1) is 15.3. The molecule has 0 radical (unpaired) electrons. The number of aromatic carboxylic acids is 1. The normalized spacial score (nSPS) is 12.0. The Morgan fingerprint density at radius 3 is 2.44 bits per heavy atom. The number of aliphatic hydroxyl groups excluding tert-OH is 1. The van der Waals surface area contributed by atoms with Crippen molar-refractivity contribution >= 4 is 11.8 Å². The van der Waals surface area contributed by atoms with Crippen LogP contribution in [0.5, 0.6) is 5.75 Å². The molecular formula is C25H29N3O4. The molecule has 0 aliphatic carbocycles. The number of hydrogen-bond acceptors (Lipinski definition) is 6. The molecule has 3 aromatic rings. The lowest BCUT2D eigenvalue weighted by atomic mass is 10.0. The average molecular weight is 436 g/mol. The van der Waals surface area contributed by atoms with Gasteiger partial charge in [0.15, 0.2) is 0 Å². The van der Waals surface area contributed by atoms with Crippen LogP contribution in [0, 0.1) is 0 Å². The Morgan fingerprint density at radius 1 is 1.09 bits per heavy atom. The number of rotatable bonds is 10. The lowest BCUT2D eigenvalue weighted by Crippen LogP contribution is -2.23. The Bertz CT molecular complexity index is 1030. The van der Waals surface area contributed by atoms with E-state index in [0.717, 1.165) is 35.2 Å². The molecule has 168 valence electrons. The summed E-state index contributed by atoms with van der Waals surface area (Å²) in [5.41, 5.74) is 9.49. The number of carboxylic acid groups (broad SMARTS) is 1. The van der Waals surface area contributed by atoms with Crippen molar-refractivity contribution in [3.63, 3.8) is 0 Å². The molecule has 3 rings (SSSR count). The van der Waals surface area contributed by atoms with Crippen molar-refractivity contribution in [2.45, 2.75) is 32.5 Å². The highest BCUT2D eigenvalue weighted by Crippen LogP contribution is 2.28. The minimum Gasteiger partial charge on any atom is -0.490 e. The highest BCUT2D eigenvalue weighted by atomic mass is 16.5. The van der Waals surface area contributed by atoms with E-state index >= 15 is 0 Å². The smallest absolute Gasteiger partial charge is 0.339 e. The second kappa shape index (κ2) is 10.7. The van der Waals surface area contributed by atoms with Crippen LogP contribution in [-0.4, -0.2) is 40.4 Å². The van der Waals surface area contributed by atoms with E-state index in [2.05, 4.69) is 10.3 Å². The van der Waals surface area contributed by atoms with Crippen LogP contribution in [0.3, 0.4) is 0 Å². The van der Waals surface area contributed by atoms with Crippen LogP contribution in [-0.2, 0) is 6.42 Å². The van der Waals surface area contributed by atoms with Crippen LogP contribution in [0.4, 0.5) is 5.82 Å². The van der Waals surface area contributed by atoms with Gasteiger partial charge < -0.3 is 26.0 Å². The summed E-state index contributed by atoms with van der Waals surface area (Å²) in [7, 11) is 0. The minimum atomic E-state index is -1.01. The third-order valence-corrected chi connectivity index (χ3v) is 4.98. The number of nitrogen functional groups attached to an aromatic ring is 1. The Balaban J connectivity index is 1.56. The summed E-state index contributed by atoms with van der Waals surface area (Å²) in [5.74, 6) is -0.209. The van der Waals surface area contributed by atoms with Crippen molar-refractivity contribution in [3.05, 3.63) is 77.5 Å². The summed E-state index contributed by atoms with van der Waals surface area (Å²) < 4.78 is 5.70. The first-order valence-electron chi connectivity index (χ1n) is 10.6. The van der Waals surface area contributed by atoms with Crippen LogP contribution < -0.4 is 15.8 Å². The van der Waals surface area contributed by atoms with Crippen molar-refractivity contribution in [2.75, 3.05) is 18.8 Å². The fourth-order valence-corrected chi connectivity index (χ4v) is 3.30. The summed E-state index contributed by atoms with van der Waals surface area (Å²) in [6, 6.07) is 16.7. The number of benzene rings is 2. The number of hydrogen-bond donors (Lipinski definition) is 4. The van der Waals surface area contributed by atoms with Crippen LogP contribution in [0.2, 0.25) is 0 Å². The number of ether oxygens (including phenoxy) is 1. The molecule has 0 aliphatic rings. The molecule has 0 unspecified atom stereocenters. The predicted molar refractivity (Wildman–Crippen MR) is 125 cm³/mol. The number of aromatic nitrogens is 1. The lowest BCUT2D eigenvalue weighted by Gasteiger charge is -2.14. The van der Waals surface area contributed by atoms with Gasteiger partial charge in [-0.05, 0) is 61.7 Å². The van der Waals surface area contributed by atoms with Gasteiger partial charge in [0.1, 0.15) is 17.1 Å². The van der Waals surface area contributed by atoms with Gasteiger partial charge in [-0.25, -0.2) is 9.78 Å². The Kier molecular flexibility index (Phi) is 7.81. The van der Waals surface area contributed by atoms with E-state index in [1.165, 1.54) is 0 Å². The first-order valence-corrected chi connectivity index (χ1v) is 10.6. The van der Waals surface area contributed by atoms with Crippen molar-refractivity contribution in [3.8, 4) is 16.9 Å². The van der Waals surface area contributed by atoms with Gasteiger partial charge in [-0.15, -0.1) is 0 Å². The maximum Gasteiger partial charge on any atom is 0.339 e. The van der Waals surface area contributed by atoms with E-state index in [0.29, 0.717) is 18.1 Å². The van der Waals surface area contributed by atoms with Crippen molar-refractivity contribution in [1.29, 1.82) is 0 Å². The van der Waals surface area contributed by atoms with Gasteiger partial charge in [0.05, 0.1) is 12.2 Å². The largest absolute Gasteiger partial charge is 0.490 e. The lowest BCUT2D eigenvalue weighted by molar-refractivity contribution is 0.0690. The zero-order valence-corrected chi connectivity index (χ0v) is 18.3. The molecule has 0 bridgehead atoms. The number of nitrogens with two attached hydrogens (primary N) is 1. The van der Waals surface area contributed by atoms with Crippen LogP contribution in [0.1, 0.15) is 41.4 Å². The molecule has 0 amide bonds. The zero-order chi connectivity index (χ0) is 23.1. The molecule has 32 heavy (non-hydrogen) atoms. The molecule has 0 spiro atoms. The van der Waals surface area contributed by atoms with Gasteiger partial charge in [-0.3, -0.25) is 0 Å². The van der Waals surface area contributed by atoms with Gasteiger partial charge in [0.2, 0.25) is 0 Å². The summed E-state index contributed by atoms with van der Waals surface area (Å²) in [6.07, 6.45) is 1.64. The first kappa shape index (κ1) is 23.2. The molecule has 0 saturated heterocycles. The molecular weight excluding hydrogens is 406 g/mol. The van der Waals surface area contributed by atoms with Gasteiger partial charge in [0.25, 0.3) is 0 Å². The molecule has 1 heterocycles. The maximum absolute atomic E-state index is 11.4. The van der Waals surface area contributed by atoms with Gasteiger partial charge in [-0.2, -0.15) is 0 Å². The quantitative estimate of drug-likeness (QED) is 0.359. The van der Waals surface area contributed by atoms with Crippen molar-refractivity contribution < 1.29 is 19.7 Å². The van der Waals surface area contributed by atoms with Gasteiger partial charge in [-0.1, -0.05) is 36.4 Å². The molecule has 1 atom stereocenters. The minimum absolute atomic E-state index is 0.118. The zero-order valence-electron chi connectivity index (χ0n) is 18.3. The Hall–Kier alpha value is -3.42. The third-order valence-electron chi connectivity index (χ3n) is 4.98. The predicted octanol–water partition coefficient (Wildman–Crippen LogP) is 3.68. The molecule has 0 aliphatic heterocycles. The topological polar surface area (TPSA) is 118 Å². The maximum atomic E-state index is 11.4. The fourth-order valence-electron chi connectivity index (χ4n) is 3.30. The van der Waals surface area contributed by atoms with Crippen LogP contribution in [0.25, 0.3) is 11.1 Å². The number of carboxylic acids is 1. The fraction of sp³-hybridized carbons (Fsp3) is 0.280. The highest BCUT2D eigenvalue weighted by Gasteiger charge is 2.14. The number of nitrogens with zero attached hydrogens (tertiary/aromatic N) is 1. The monoisotopic (exact) mass is 435 g/mol. The summed E-state index contributed by atoms with van der Waals surface area (Å²) in [4.78, 5) is 15.4. The molecule has 0 fully saturated rings. The molecule has 5 N–H and O–H groups in total. The molecule has 2 aromatic carbocycles. The number of nitrogens with one attached hydrogen (secondary N) is 1. The van der Waals surface area contributed by atoms with Gasteiger partial charge >= 0.3 is 5.97 Å². The van der Waals surface area contributed by atoms with Crippen molar-refractivity contribution in [2.24, 2.45) is 0 Å². The highest BCUT2D eigenvalue weighted by molar-refractivity contribution is 5.92. The standard InChI is InChI=1S/C25H29N3O4/c1-16(2)32-23-13-19(7-9-21(23)25(30)31)18-5-3-17(4-6-18)11-12-27-15-22(29)20-8-10-24(26)28-14-20/h3-10,13-14,16,22,27,29H,11-12,15H2,1-2H3,(H2,26,28)(H,30,31)/t22-/m1/s1. The Labute approximate surface area is 187 Å². The molecule has 7 heteroatoms. The number of carbonyl (C=O) groups is 1. The van der Waals surface area contributed by atoms with Gasteiger partial charge in [0, 0.05) is 18.3 Å². The summed E-state index contributed by atoms with van der Waals surface area (Å²) in [6.45, 7) is 4.89. The average Bonchev–Trinajstić information content (AvgIpc) is 2.77. The second-order valence-electron chi connectivity index (χ2n) is 7.87. The number of anilines is 1. The van der Waals surface area contributed by atoms with E-state index in [9.17, 15) is 15.0 Å². The van der Waals surface area contributed by atoms with E-state index in [4.69, 9.17) is 10.5 Å². The summed E-state index contributed by atoms with van der Waals surface area (Å²) >= 11 is 0. The Morgan fingerprint density at radius 2 is 1.81 bits per heavy atom. The summed E-state index contributed by atoms with van der Waals surface area (Å²) in [5, 5.41) is 22.8. The SMILES string of the molecule is CC(C)Oc1cc(-c2ccc(CCNC[C@@H](O)c3ccc(N)nc3)cc2)ccc1C(=O)O. The third kappa shape index (κ3) is 6.29. The van der Waals surface area contributed by atoms with Crippen LogP contribution >= 0.6 is 0 Å². The second-order valence-corrected chi connectivity index (χ2v) is 7.87. The number of pyridine rings is 1. The van der Waals surface area contributed by atoms with E-state index < -0.39 is 12.1 Å². The molecule has 0 saturated carbocycles. The molecule has 7 nitrogen and oxygen atoms in total. The van der Waals surface area contributed by atoms with E-state index in [1.54, 1.807) is 36.5 Å². The van der Waals surface area contributed by atoms with E-state index in [1.807, 2.05) is 38.1 Å². The van der Waals surface area contributed by atoms with Crippen LogP contribution in [0.15, 0.2) is 60.8 Å². The van der Waals surface area contributed by atoms with E-state index in [-0.39, 0.29) is 11.7 Å². The molecule has 1 aromatic heterocycles. The van der Waals surface area contributed by atoms with Crippen molar-refractivity contribution in [1.82, 2.24) is 10.3 Å².